The van der Waals surface area contributed by atoms with Crippen molar-refractivity contribution in [3.05, 3.63) is 90.5 Å². The molecule has 0 aliphatic heterocycles. The van der Waals surface area contributed by atoms with Crippen molar-refractivity contribution in [1.29, 1.82) is 0 Å². The number of benzene rings is 3. The molecule has 0 aliphatic carbocycles. The standard InChI is InChI=1S/C21H19NO5S/c23-21(24)16-27-19-11-7-10-18(14-19)22(15-17-8-3-1-4-9-17)28(25,26)20-12-5-2-6-13-20/h1-14H,15-16H2,(H,23,24). The molecule has 0 saturated heterocycles. The second kappa shape index (κ2) is 8.58. The predicted octanol–water partition coefficient (Wildman–Crippen LogP) is 3.55. The molecular weight excluding hydrogens is 378 g/mol. The Hall–Kier alpha value is -3.32. The second-order valence-electron chi connectivity index (χ2n) is 5.99. The van der Waals surface area contributed by atoms with E-state index in [2.05, 4.69) is 0 Å². The summed E-state index contributed by atoms with van der Waals surface area (Å²) in [5, 5.41) is 8.79. The summed E-state index contributed by atoms with van der Waals surface area (Å²) in [6.07, 6.45) is 0. The number of aliphatic carboxylic acids is 1. The second-order valence-corrected chi connectivity index (χ2v) is 7.85. The lowest BCUT2D eigenvalue weighted by Crippen LogP contribution is -2.30. The van der Waals surface area contributed by atoms with Gasteiger partial charge in [0.2, 0.25) is 0 Å². The van der Waals surface area contributed by atoms with Gasteiger partial charge < -0.3 is 9.84 Å². The number of carboxylic acids is 1. The summed E-state index contributed by atoms with van der Waals surface area (Å²) in [6, 6.07) is 23.8. The molecule has 0 heterocycles. The Bertz CT molecular complexity index is 1040. The van der Waals surface area contributed by atoms with Gasteiger partial charge in [-0.25, -0.2) is 13.2 Å². The fourth-order valence-electron chi connectivity index (χ4n) is 2.66. The Labute approximate surface area is 163 Å². The average molecular weight is 397 g/mol. The van der Waals surface area contributed by atoms with Crippen LogP contribution in [-0.4, -0.2) is 26.1 Å². The van der Waals surface area contributed by atoms with Gasteiger partial charge in [0.1, 0.15) is 5.75 Å². The minimum atomic E-state index is -3.84. The molecule has 0 fully saturated rings. The largest absolute Gasteiger partial charge is 0.482 e. The Morgan fingerprint density at radius 2 is 1.54 bits per heavy atom. The van der Waals surface area contributed by atoms with Gasteiger partial charge in [0, 0.05) is 6.07 Å². The van der Waals surface area contributed by atoms with E-state index in [0.717, 1.165) is 5.56 Å². The number of hydrogen-bond donors (Lipinski definition) is 1. The van der Waals surface area contributed by atoms with E-state index in [-0.39, 0.29) is 17.2 Å². The molecule has 0 aromatic heterocycles. The zero-order valence-corrected chi connectivity index (χ0v) is 15.7. The van der Waals surface area contributed by atoms with Gasteiger partial charge in [-0.1, -0.05) is 54.6 Å². The Kier molecular flexibility index (Phi) is 5.96. The van der Waals surface area contributed by atoms with Gasteiger partial charge in [0.25, 0.3) is 10.0 Å². The van der Waals surface area contributed by atoms with E-state index < -0.39 is 22.6 Å². The molecule has 3 aromatic rings. The molecular formula is C21H19NO5S. The van der Waals surface area contributed by atoms with Gasteiger partial charge in [0.15, 0.2) is 6.61 Å². The monoisotopic (exact) mass is 397 g/mol. The molecule has 0 amide bonds. The Morgan fingerprint density at radius 1 is 0.893 bits per heavy atom. The quantitative estimate of drug-likeness (QED) is 0.628. The molecule has 28 heavy (non-hydrogen) atoms. The van der Waals surface area contributed by atoms with E-state index in [1.807, 2.05) is 30.3 Å². The maximum Gasteiger partial charge on any atom is 0.341 e. The van der Waals surface area contributed by atoms with Crippen LogP contribution in [0, 0.1) is 0 Å². The minimum Gasteiger partial charge on any atom is -0.482 e. The van der Waals surface area contributed by atoms with Crippen molar-refractivity contribution in [3.8, 4) is 5.75 Å². The number of carboxylic acid groups (broad SMARTS) is 1. The summed E-state index contributed by atoms with van der Waals surface area (Å²) in [6.45, 7) is -0.381. The third kappa shape index (κ3) is 4.69. The normalized spacial score (nSPS) is 11.0. The summed E-state index contributed by atoms with van der Waals surface area (Å²) < 4.78 is 33.1. The summed E-state index contributed by atoms with van der Waals surface area (Å²) in [4.78, 5) is 10.9. The molecule has 1 N–H and O–H groups in total. The van der Waals surface area contributed by atoms with Crippen molar-refractivity contribution in [2.45, 2.75) is 11.4 Å². The van der Waals surface area contributed by atoms with Crippen LogP contribution in [0.1, 0.15) is 5.56 Å². The topological polar surface area (TPSA) is 83.9 Å². The van der Waals surface area contributed by atoms with Crippen LogP contribution in [0.3, 0.4) is 0 Å². The van der Waals surface area contributed by atoms with Crippen molar-refractivity contribution in [2.75, 3.05) is 10.9 Å². The number of carbonyl (C=O) groups is 1. The molecule has 6 nitrogen and oxygen atoms in total. The SMILES string of the molecule is O=C(O)COc1cccc(N(Cc2ccccc2)S(=O)(=O)c2ccccc2)c1. The fraction of sp³-hybridized carbons (Fsp3) is 0.0952. The first kappa shape index (κ1) is 19.4. The van der Waals surface area contributed by atoms with Gasteiger partial charge in [-0.15, -0.1) is 0 Å². The molecule has 3 aromatic carbocycles. The number of anilines is 1. The molecule has 0 radical (unpaired) electrons. The van der Waals surface area contributed by atoms with E-state index in [0.29, 0.717) is 5.69 Å². The number of ether oxygens (including phenoxy) is 1. The van der Waals surface area contributed by atoms with Crippen LogP contribution < -0.4 is 9.04 Å². The van der Waals surface area contributed by atoms with E-state index in [9.17, 15) is 13.2 Å². The van der Waals surface area contributed by atoms with Crippen LogP contribution in [0.5, 0.6) is 5.75 Å². The van der Waals surface area contributed by atoms with E-state index >= 15 is 0 Å². The van der Waals surface area contributed by atoms with Crippen molar-refractivity contribution in [2.24, 2.45) is 0 Å². The van der Waals surface area contributed by atoms with Crippen LogP contribution in [0.4, 0.5) is 5.69 Å². The number of rotatable bonds is 8. The highest BCUT2D eigenvalue weighted by Crippen LogP contribution is 2.28. The van der Waals surface area contributed by atoms with Crippen molar-refractivity contribution in [1.82, 2.24) is 0 Å². The van der Waals surface area contributed by atoms with Crippen LogP contribution in [0.2, 0.25) is 0 Å². The zero-order valence-electron chi connectivity index (χ0n) is 14.9. The lowest BCUT2D eigenvalue weighted by atomic mass is 10.2. The average Bonchev–Trinajstić information content (AvgIpc) is 2.72. The van der Waals surface area contributed by atoms with Crippen molar-refractivity contribution < 1.29 is 23.1 Å². The molecule has 0 bridgehead atoms. The maximum atomic E-state index is 13.3. The Balaban J connectivity index is 2.02. The zero-order chi connectivity index (χ0) is 20.0. The highest BCUT2D eigenvalue weighted by atomic mass is 32.2. The van der Waals surface area contributed by atoms with E-state index in [1.165, 1.54) is 22.5 Å². The summed E-state index contributed by atoms with van der Waals surface area (Å²) >= 11 is 0. The first-order valence-electron chi connectivity index (χ1n) is 8.53. The van der Waals surface area contributed by atoms with E-state index in [4.69, 9.17) is 9.84 Å². The smallest absolute Gasteiger partial charge is 0.341 e. The van der Waals surface area contributed by atoms with Crippen molar-refractivity contribution >= 4 is 21.7 Å². The third-order valence-electron chi connectivity index (χ3n) is 3.97. The summed E-state index contributed by atoms with van der Waals surface area (Å²) in [5.41, 5.74) is 1.20. The number of sulfonamides is 1. The molecule has 7 heteroatoms. The Morgan fingerprint density at radius 3 is 2.18 bits per heavy atom. The van der Waals surface area contributed by atoms with Gasteiger partial charge >= 0.3 is 5.97 Å². The van der Waals surface area contributed by atoms with Gasteiger partial charge in [-0.2, -0.15) is 0 Å². The highest BCUT2D eigenvalue weighted by molar-refractivity contribution is 7.92. The van der Waals surface area contributed by atoms with E-state index in [1.54, 1.807) is 36.4 Å². The lowest BCUT2D eigenvalue weighted by Gasteiger charge is -2.25. The first-order chi connectivity index (χ1) is 13.5. The highest BCUT2D eigenvalue weighted by Gasteiger charge is 2.25. The molecule has 0 atom stereocenters. The van der Waals surface area contributed by atoms with Crippen molar-refractivity contribution in [3.63, 3.8) is 0 Å². The van der Waals surface area contributed by atoms with Gasteiger partial charge in [-0.05, 0) is 29.8 Å². The molecule has 3 rings (SSSR count). The number of hydrogen-bond acceptors (Lipinski definition) is 4. The lowest BCUT2D eigenvalue weighted by molar-refractivity contribution is -0.139. The molecule has 0 unspecified atom stereocenters. The molecule has 0 saturated carbocycles. The van der Waals surface area contributed by atoms with Crippen LogP contribution >= 0.6 is 0 Å². The van der Waals surface area contributed by atoms with Crippen LogP contribution in [-0.2, 0) is 21.4 Å². The number of nitrogens with zero attached hydrogens (tertiary/aromatic N) is 1. The maximum absolute atomic E-state index is 13.3. The summed E-state index contributed by atoms with van der Waals surface area (Å²) in [5.74, 6) is -0.829. The van der Waals surface area contributed by atoms with Gasteiger partial charge in [-0.3, -0.25) is 4.31 Å². The summed E-state index contributed by atoms with van der Waals surface area (Å²) in [7, 11) is -3.84. The molecule has 144 valence electrons. The predicted molar refractivity (Wildman–Crippen MR) is 106 cm³/mol. The van der Waals surface area contributed by atoms with Gasteiger partial charge in [0.05, 0.1) is 17.1 Å². The molecule has 0 spiro atoms. The van der Waals surface area contributed by atoms with Crippen LogP contribution in [0.25, 0.3) is 0 Å². The minimum absolute atomic E-state index is 0.125. The third-order valence-corrected chi connectivity index (χ3v) is 5.76. The van der Waals surface area contributed by atoms with Crippen LogP contribution in [0.15, 0.2) is 89.8 Å². The fourth-order valence-corrected chi connectivity index (χ4v) is 4.12. The first-order valence-corrected chi connectivity index (χ1v) is 9.97. The molecule has 0 aliphatic rings.